The highest BCUT2D eigenvalue weighted by atomic mass is 16.5. The molecule has 2 aromatic rings. The van der Waals surface area contributed by atoms with Gasteiger partial charge >= 0.3 is 5.97 Å². The number of aryl methyl sites for hydroxylation is 1. The number of methoxy groups -OCH3 is 1. The van der Waals surface area contributed by atoms with Crippen molar-refractivity contribution >= 4 is 29.2 Å². The zero-order chi connectivity index (χ0) is 18.8. The van der Waals surface area contributed by atoms with Gasteiger partial charge in [-0.3, -0.25) is 14.4 Å². The summed E-state index contributed by atoms with van der Waals surface area (Å²) in [5, 5.41) is 5.52. The first-order valence-electron chi connectivity index (χ1n) is 8.37. The number of esters is 1. The predicted molar refractivity (Wildman–Crippen MR) is 99.7 cm³/mol. The van der Waals surface area contributed by atoms with Gasteiger partial charge < -0.3 is 15.4 Å². The topological polar surface area (TPSA) is 84.5 Å². The molecular weight excluding hydrogens is 332 g/mol. The van der Waals surface area contributed by atoms with Gasteiger partial charge in [0.05, 0.1) is 13.5 Å². The van der Waals surface area contributed by atoms with E-state index in [1.165, 1.54) is 7.11 Å². The third-order valence-corrected chi connectivity index (χ3v) is 3.70. The number of nitrogens with one attached hydrogen (secondary N) is 2. The minimum absolute atomic E-state index is 0.0260. The van der Waals surface area contributed by atoms with Crippen LogP contribution in [0.5, 0.6) is 0 Å². The van der Waals surface area contributed by atoms with Crippen molar-refractivity contribution < 1.29 is 19.1 Å². The minimum atomic E-state index is -0.431. The Morgan fingerprint density at radius 2 is 1.42 bits per heavy atom. The second-order valence-electron chi connectivity index (χ2n) is 5.74. The van der Waals surface area contributed by atoms with Crippen LogP contribution in [0.15, 0.2) is 54.6 Å². The van der Waals surface area contributed by atoms with Crippen LogP contribution in [-0.2, 0) is 25.5 Å². The lowest BCUT2D eigenvalue weighted by Crippen LogP contribution is -2.15. The lowest BCUT2D eigenvalue weighted by Gasteiger charge is -2.09. The van der Waals surface area contributed by atoms with Crippen LogP contribution in [0.1, 0.15) is 24.8 Å². The first kappa shape index (κ1) is 19.2. The van der Waals surface area contributed by atoms with Crippen LogP contribution in [0.2, 0.25) is 0 Å². The fourth-order valence-corrected chi connectivity index (χ4v) is 2.34. The molecule has 0 heterocycles. The highest BCUT2D eigenvalue weighted by Gasteiger charge is 2.08. The van der Waals surface area contributed by atoms with E-state index >= 15 is 0 Å². The van der Waals surface area contributed by atoms with E-state index in [1.807, 2.05) is 30.3 Å². The Hall–Kier alpha value is -3.15. The van der Waals surface area contributed by atoms with Gasteiger partial charge in [0.15, 0.2) is 0 Å². The van der Waals surface area contributed by atoms with Crippen LogP contribution in [-0.4, -0.2) is 24.9 Å². The van der Waals surface area contributed by atoms with Crippen LogP contribution in [0.4, 0.5) is 11.4 Å². The van der Waals surface area contributed by atoms with E-state index in [-0.39, 0.29) is 24.7 Å². The third-order valence-electron chi connectivity index (χ3n) is 3.70. The maximum atomic E-state index is 12.1. The van der Waals surface area contributed by atoms with Crippen molar-refractivity contribution in [2.75, 3.05) is 17.7 Å². The number of anilines is 2. The second kappa shape index (κ2) is 9.98. The molecule has 0 aliphatic heterocycles. The Morgan fingerprint density at radius 1 is 0.808 bits per heavy atom. The quantitative estimate of drug-likeness (QED) is 0.713. The van der Waals surface area contributed by atoms with Crippen molar-refractivity contribution in [2.45, 2.75) is 25.7 Å². The van der Waals surface area contributed by atoms with Gasteiger partial charge in [-0.1, -0.05) is 36.4 Å². The fraction of sp³-hybridized carbons (Fsp3) is 0.250. The molecular formula is C20H22N2O4. The molecule has 0 radical (unpaired) electrons. The zero-order valence-corrected chi connectivity index (χ0v) is 14.7. The predicted octanol–water partition coefficient (Wildman–Crippen LogP) is 3.15. The summed E-state index contributed by atoms with van der Waals surface area (Å²) < 4.78 is 4.50. The van der Waals surface area contributed by atoms with Gasteiger partial charge in [0, 0.05) is 24.2 Å². The van der Waals surface area contributed by atoms with Crippen LogP contribution in [0.25, 0.3) is 0 Å². The molecule has 26 heavy (non-hydrogen) atoms. The Balaban J connectivity index is 1.83. The molecule has 6 heteroatoms. The van der Waals surface area contributed by atoms with Gasteiger partial charge in [0.25, 0.3) is 0 Å². The molecule has 0 aliphatic rings. The van der Waals surface area contributed by atoms with E-state index in [1.54, 1.807) is 24.3 Å². The number of carbonyl (C=O) groups is 3. The van der Waals surface area contributed by atoms with Crippen LogP contribution in [0, 0.1) is 0 Å². The summed E-state index contributed by atoms with van der Waals surface area (Å²) in [5.41, 5.74) is 2.27. The monoisotopic (exact) mass is 354 g/mol. The summed E-state index contributed by atoms with van der Waals surface area (Å²) in [7, 11) is 1.28. The fourth-order valence-electron chi connectivity index (χ4n) is 2.34. The maximum absolute atomic E-state index is 12.1. The molecule has 2 rings (SSSR count). The first-order chi connectivity index (χ1) is 12.6. The summed E-state index contributed by atoms with van der Waals surface area (Å²) >= 11 is 0. The van der Waals surface area contributed by atoms with Crippen LogP contribution in [0.3, 0.4) is 0 Å². The molecule has 0 bridgehead atoms. The van der Waals surface area contributed by atoms with Crippen molar-refractivity contribution in [1.29, 1.82) is 0 Å². The normalized spacial score (nSPS) is 10.0. The Morgan fingerprint density at radius 3 is 2.04 bits per heavy atom. The number of rotatable bonds is 8. The van der Waals surface area contributed by atoms with Crippen molar-refractivity contribution in [3.05, 3.63) is 60.2 Å². The lowest BCUT2D eigenvalue weighted by atomic mass is 10.1. The standard InChI is InChI=1S/C20H22N2O4/c1-26-20(25)13-12-19(24)22-17-9-5-8-16(14-17)21-18(23)11-10-15-6-3-2-4-7-15/h2-9,14H,10-13H2,1H3,(H,21,23)(H,22,24). The number of hydrogen-bond acceptors (Lipinski definition) is 4. The molecule has 0 aromatic heterocycles. The van der Waals surface area contributed by atoms with E-state index in [4.69, 9.17) is 0 Å². The molecule has 0 aliphatic carbocycles. The average Bonchev–Trinajstić information content (AvgIpc) is 2.65. The molecule has 0 saturated heterocycles. The van der Waals surface area contributed by atoms with Gasteiger partial charge in [-0.2, -0.15) is 0 Å². The molecule has 2 aromatic carbocycles. The van der Waals surface area contributed by atoms with Crippen molar-refractivity contribution in [1.82, 2.24) is 0 Å². The largest absolute Gasteiger partial charge is 0.469 e. The van der Waals surface area contributed by atoms with E-state index < -0.39 is 5.97 Å². The Kier molecular flexibility index (Phi) is 7.36. The Bertz CT molecular complexity index is 759. The molecule has 0 saturated carbocycles. The second-order valence-corrected chi connectivity index (χ2v) is 5.74. The summed E-state index contributed by atoms with van der Waals surface area (Å²) in [4.78, 5) is 35.0. The molecule has 2 N–H and O–H groups in total. The van der Waals surface area contributed by atoms with E-state index in [0.717, 1.165) is 5.56 Å². The molecule has 0 fully saturated rings. The van der Waals surface area contributed by atoms with Gasteiger partial charge in [-0.05, 0) is 30.2 Å². The third kappa shape index (κ3) is 6.76. The average molecular weight is 354 g/mol. The smallest absolute Gasteiger partial charge is 0.306 e. The van der Waals surface area contributed by atoms with Gasteiger partial charge in [0.1, 0.15) is 0 Å². The Labute approximate surface area is 152 Å². The summed E-state index contributed by atoms with van der Waals surface area (Å²) in [6.07, 6.45) is 1.11. The maximum Gasteiger partial charge on any atom is 0.306 e. The molecule has 6 nitrogen and oxygen atoms in total. The molecule has 0 spiro atoms. The van der Waals surface area contributed by atoms with E-state index in [2.05, 4.69) is 15.4 Å². The number of amides is 2. The summed E-state index contributed by atoms with van der Waals surface area (Å²) in [6.45, 7) is 0. The summed E-state index contributed by atoms with van der Waals surface area (Å²) in [6, 6.07) is 16.7. The van der Waals surface area contributed by atoms with Crippen molar-refractivity contribution in [3.63, 3.8) is 0 Å². The highest BCUT2D eigenvalue weighted by molar-refractivity contribution is 5.95. The SMILES string of the molecule is COC(=O)CCC(=O)Nc1cccc(NC(=O)CCc2ccccc2)c1. The van der Waals surface area contributed by atoms with E-state index in [9.17, 15) is 14.4 Å². The van der Waals surface area contributed by atoms with Crippen molar-refractivity contribution in [2.24, 2.45) is 0 Å². The van der Waals surface area contributed by atoms with Crippen LogP contribution >= 0.6 is 0 Å². The number of carbonyl (C=O) groups excluding carboxylic acids is 3. The molecule has 0 unspecified atom stereocenters. The van der Waals surface area contributed by atoms with Crippen LogP contribution < -0.4 is 10.6 Å². The number of benzene rings is 2. The molecule has 0 atom stereocenters. The zero-order valence-electron chi connectivity index (χ0n) is 14.7. The van der Waals surface area contributed by atoms with Gasteiger partial charge in [-0.15, -0.1) is 0 Å². The number of hydrogen-bond donors (Lipinski definition) is 2. The number of ether oxygens (including phenoxy) is 1. The first-order valence-corrected chi connectivity index (χ1v) is 8.37. The summed E-state index contributed by atoms with van der Waals surface area (Å²) in [5.74, 6) is -0.814. The van der Waals surface area contributed by atoms with Gasteiger partial charge in [0.2, 0.25) is 11.8 Å². The molecule has 2 amide bonds. The van der Waals surface area contributed by atoms with Crippen molar-refractivity contribution in [3.8, 4) is 0 Å². The van der Waals surface area contributed by atoms with Gasteiger partial charge in [-0.25, -0.2) is 0 Å². The highest BCUT2D eigenvalue weighted by Crippen LogP contribution is 2.16. The minimum Gasteiger partial charge on any atom is -0.469 e. The lowest BCUT2D eigenvalue weighted by molar-refractivity contribution is -0.141. The molecule has 136 valence electrons. The van der Waals surface area contributed by atoms with E-state index in [0.29, 0.717) is 24.2 Å².